The van der Waals surface area contributed by atoms with Crippen molar-refractivity contribution in [1.29, 1.82) is 0 Å². The van der Waals surface area contributed by atoms with Crippen molar-refractivity contribution < 1.29 is 13.9 Å². The molecule has 1 N–H and O–H groups in total. The molecular weight excluding hydrogens is 369 g/mol. The lowest BCUT2D eigenvalue weighted by Crippen LogP contribution is -2.49. The third-order valence-corrected chi connectivity index (χ3v) is 4.69. The number of nitrogens with zero attached hydrogens (tertiary/aromatic N) is 2. The predicted octanol–water partition coefficient (Wildman–Crippen LogP) is 3.11. The number of halogens is 2. The first-order valence-corrected chi connectivity index (χ1v) is 9.35. The molecule has 5 nitrogen and oxygen atoms in total. The highest BCUT2D eigenvalue weighted by Gasteiger charge is 2.19. The van der Waals surface area contributed by atoms with E-state index in [9.17, 15) is 9.18 Å². The van der Waals surface area contributed by atoms with Gasteiger partial charge in [-0.3, -0.25) is 14.6 Å². The van der Waals surface area contributed by atoms with Gasteiger partial charge < -0.3 is 10.1 Å². The molecule has 2 aromatic rings. The predicted molar refractivity (Wildman–Crippen MR) is 105 cm³/mol. The summed E-state index contributed by atoms with van der Waals surface area (Å²) in [4.78, 5) is 16.5. The van der Waals surface area contributed by atoms with Gasteiger partial charge in [0, 0.05) is 37.7 Å². The summed E-state index contributed by atoms with van der Waals surface area (Å²) in [6.07, 6.45) is 0. The van der Waals surface area contributed by atoms with Crippen LogP contribution in [0.1, 0.15) is 0 Å². The molecule has 0 aliphatic carbocycles. The van der Waals surface area contributed by atoms with Gasteiger partial charge in [0.1, 0.15) is 18.2 Å². The number of hydrogen-bond acceptors (Lipinski definition) is 4. The van der Waals surface area contributed by atoms with E-state index < -0.39 is 5.82 Å². The lowest BCUT2D eigenvalue weighted by atomic mass is 10.3. The monoisotopic (exact) mass is 391 g/mol. The average molecular weight is 392 g/mol. The van der Waals surface area contributed by atoms with Gasteiger partial charge in [-0.05, 0) is 30.3 Å². The number of piperazine rings is 1. The summed E-state index contributed by atoms with van der Waals surface area (Å²) in [5.74, 6) is 0.124. The van der Waals surface area contributed by atoms with Gasteiger partial charge in [0.15, 0.2) is 0 Å². The Bertz CT molecular complexity index is 752. The molecule has 27 heavy (non-hydrogen) atoms. The van der Waals surface area contributed by atoms with Crippen LogP contribution in [-0.4, -0.2) is 61.6 Å². The van der Waals surface area contributed by atoms with Crippen LogP contribution in [0.3, 0.4) is 0 Å². The summed E-state index contributed by atoms with van der Waals surface area (Å²) >= 11 is 5.72. The minimum atomic E-state index is -0.529. The zero-order chi connectivity index (χ0) is 19.1. The Morgan fingerprint density at radius 1 is 1.07 bits per heavy atom. The highest BCUT2D eigenvalue weighted by Crippen LogP contribution is 2.18. The quantitative estimate of drug-likeness (QED) is 0.787. The number of para-hydroxylation sites is 1. The minimum Gasteiger partial charge on any atom is -0.492 e. The molecule has 0 aromatic heterocycles. The average Bonchev–Trinajstić information content (AvgIpc) is 2.66. The number of benzene rings is 2. The van der Waals surface area contributed by atoms with Crippen LogP contribution >= 0.6 is 11.6 Å². The number of ether oxygens (including phenoxy) is 1. The van der Waals surface area contributed by atoms with E-state index in [1.54, 1.807) is 6.07 Å². The van der Waals surface area contributed by atoms with Crippen LogP contribution in [0, 0.1) is 5.82 Å². The Hall–Kier alpha value is -2.15. The number of nitrogens with one attached hydrogen (secondary N) is 1. The van der Waals surface area contributed by atoms with Gasteiger partial charge in [0.05, 0.1) is 12.2 Å². The normalized spacial score (nSPS) is 15.5. The zero-order valence-corrected chi connectivity index (χ0v) is 15.8. The fourth-order valence-corrected chi connectivity index (χ4v) is 3.12. The van der Waals surface area contributed by atoms with Gasteiger partial charge >= 0.3 is 0 Å². The molecule has 144 valence electrons. The molecule has 0 spiro atoms. The highest BCUT2D eigenvalue weighted by atomic mass is 35.5. The summed E-state index contributed by atoms with van der Waals surface area (Å²) < 4.78 is 19.5. The molecule has 1 aliphatic heterocycles. The second kappa shape index (κ2) is 9.69. The molecule has 1 saturated heterocycles. The zero-order valence-electron chi connectivity index (χ0n) is 15.0. The van der Waals surface area contributed by atoms with Crippen LogP contribution in [-0.2, 0) is 4.79 Å². The first kappa shape index (κ1) is 19.6. The molecule has 1 heterocycles. The highest BCUT2D eigenvalue weighted by molar-refractivity contribution is 6.30. The number of amides is 1. The fourth-order valence-electron chi connectivity index (χ4n) is 2.96. The molecule has 0 atom stereocenters. The molecular formula is C20H23ClFN3O2. The standard InChI is InChI=1S/C20H23ClFN3O2/c21-16-6-7-19(18(22)14-16)23-20(26)15-25-10-8-24(9-11-25)12-13-27-17-4-2-1-3-5-17/h1-7,14H,8-13,15H2,(H,23,26). The number of anilines is 1. The van der Waals surface area contributed by atoms with Gasteiger partial charge in [-0.15, -0.1) is 0 Å². The van der Waals surface area contributed by atoms with Crippen molar-refractivity contribution in [3.05, 3.63) is 59.4 Å². The molecule has 7 heteroatoms. The topological polar surface area (TPSA) is 44.8 Å². The van der Waals surface area contributed by atoms with Crippen molar-refractivity contribution in [2.75, 3.05) is 51.2 Å². The van der Waals surface area contributed by atoms with Gasteiger partial charge in [-0.2, -0.15) is 0 Å². The van der Waals surface area contributed by atoms with Gasteiger partial charge in [0.2, 0.25) is 5.91 Å². The molecule has 3 rings (SSSR count). The Balaban J connectivity index is 1.35. The SMILES string of the molecule is O=C(CN1CCN(CCOc2ccccc2)CC1)Nc1ccc(Cl)cc1F. The Labute approximate surface area is 163 Å². The molecule has 2 aromatic carbocycles. The number of carbonyl (C=O) groups is 1. The van der Waals surface area contributed by atoms with E-state index in [0.717, 1.165) is 38.5 Å². The first-order valence-electron chi connectivity index (χ1n) is 8.97. The third-order valence-electron chi connectivity index (χ3n) is 4.46. The van der Waals surface area contributed by atoms with Crippen LogP contribution in [0.25, 0.3) is 0 Å². The van der Waals surface area contributed by atoms with E-state index in [2.05, 4.69) is 15.1 Å². The largest absolute Gasteiger partial charge is 0.492 e. The van der Waals surface area contributed by atoms with E-state index in [1.165, 1.54) is 12.1 Å². The van der Waals surface area contributed by atoms with Gasteiger partial charge in [-0.1, -0.05) is 29.8 Å². The summed E-state index contributed by atoms with van der Waals surface area (Å²) in [6, 6.07) is 14.0. The van der Waals surface area contributed by atoms with E-state index in [-0.39, 0.29) is 18.1 Å². The number of hydrogen-bond donors (Lipinski definition) is 1. The number of rotatable bonds is 7. The Kier molecular flexibility index (Phi) is 7.04. The van der Waals surface area contributed by atoms with Crippen molar-refractivity contribution in [2.45, 2.75) is 0 Å². The van der Waals surface area contributed by atoms with E-state index in [4.69, 9.17) is 16.3 Å². The molecule has 0 saturated carbocycles. The smallest absolute Gasteiger partial charge is 0.238 e. The van der Waals surface area contributed by atoms with E-state index >= 15 is 0 Å². The summed E-state index contributed by atoms with van der Waals surface area (Å²) in [7, 11) is 0. The second-order valence-electron chi connectivity index (χ2n) is 6.45. The van der Waals surface area contributed by atoms with E-state index in [1.807, 2.05) is 30.3 Å². The molecule has 1 aliphatic rings. The van der Waals surface area contributed by atoms with Crippen molar-refractivity contribution in [1.82, 2.24) is 9.80 Å². The van der Waals surface area contributed by atoms with Crippen LogP contribution in [0.5, 0.6) is 5.75 Å². The van der Waals surface area contributed by atoms with Crippen molar-refractivity contribution >= 4 is 23.2 Å². The molecule has 0 unspecified atom stereocenters. The Morgan fingerprint density at radius 2 is 1.78 bits per heavy atom. The molecule has 1 fully saturated rings. The van der Waals surface area contributed by atoms with Crippen molar-refractivity contribution in [2.24, 2.45) is 0 Å². The van der Waals surface area contributed by atoms with Gasteiger partial charge in [-0.25, -0.2) is 4.39 Å². The summed E-state index contributed by atoms with van der Waals surface area (Å²) in [5, 5.41) is 2.90. The third kappa shape index (κ3) is 6.20. The van der Waals surface area contributed by atoms with Crippen molar-refractivity contribution in [3.63, 3.8) is 0 Å². The maximum Gasteiger partial charge on any atom is 0.238 e. The lowest BCUT2D eigenvalue weighted by Gasteiger charge is -2.34. The second-order valence-corrected chi connectivity index (χ2v) is 6.89. The molecule has 1 amide bonds. The summed E-state index contributed by atoms with van der Waals surface area (Å²) in [6.45, 7) is 5.08. The van der Waals surface area contributed by atoms with E-state index in [0.29, 0.717) is 11.6 Å². The van der Waals surface area contributed by atoms with Crippen LogP contribution in [0.4, 0.5) is 10.1 Å². The lowest BCUT2D eigenvalue weighted by molar-refractivity contribution is -0.117. The molecule has 0 radical (unpaired) electrons. The van der Waals surface area contributed by atoms with Crippen molar-refractivity contribution in [3.8, 4) is 5.75 Å². The molecule has 0 bridgehead atoms. The Morgan fingerprint density at radius 3 is 2.48 bits per heavy atom. The summed E-state index contributed by atoms with van der Waals surface area (Å²) in [5.41, 5.74) is 0.154. The maximum absolute atomic E-state index is 13.8. The van der Waals surface area contributed by atoms with Crippen LogP contribution < -0.4 is 10.1 Å². The van der Waals surface area contributed by atoms with Crippen LogP contribution in [0.15, 0.2) is 48.5 Å². The van der Waals surface area contributed by atoms with Crippen LogP contribution in [0.2, 0.25) is 5.02 Å². The number of carbonyl (C=O) groups excluding carboxylic acids is 1. The van der Waals surface area contributed by atoms with Gasteiger partial charge in [0.25, 0.3) is 0 Å². The minimum absolute atomic E-state index is 0.154. The first-order chi connectivity index (χ1) is 13.1. The fraction of sp³-hybridized carbons (Fsp3) is 0.350. The maximum atomic E-state index is 13.8.